The summed E-state index contributed by atoms with van der Waals surface area (Å²) in [5.41, 5.74) is 0. The number of allylic oxidation sites excluding steroid dienone is 1. The fourth-order valence-electron chi connectivity index (χ4n) is 1.54. The Labute approximate surface area is 110 Å². The van der Waals surface area contributed by atoms with Crippen LogP contribution in [0.2, 0.25) is 5.32 Å². The Bertz CT molecular complexity index is 204. The number of nitrogens with one attached hydrogen (secondary N) is 3. The molecule has 4 N–H and O–H groups in total. The molecule has 0 aliphatic carbocycles. The summed E-state index contributed by atoms with van der Waals surface area (Å²) < 4.78 is 2.42. The predicted molar refractivity (Wildman–Crippen MR) is 72.5 cm³/mol. The molecule has 0 aromatic heterocycles. The third kappa shape index (κ3) is 8.60. The number of hydrogen-bond acceptors (Lipinski definition) is 5. The van der Waals surface area contributed by atoms with Crippen molar-refractivity contribution in [1.82, 2.24) is 19.9 Å². The van der Waals surface area contributed by atoms with Gasteiger partial charge in [0.05, 0.1) is 0 Å². The van der Waals surface area contributed by atoms with E-state index in [2.05, 4.69) is 26.4 Å². The SMILES string of the molecule is C=C(O)C[Se]N1CCNCCNCCNCC1. The van der Waals surface area contributed by atoms with Gasteiger partial charge in [0.15, 0.2) is 0 Å². The molecule has 0 unspecified atom stereocenters. The molecule has 1 saturated heterocycles. The van der Waals surface area contributed by atoms with Crippen molar-refractivity contribution in [3.63, 3.8) is 0 Å². The van der Waals surface area contributed by atoms with Crippen LogP contribution in [-0.2, 0) is 0 Å². The van der Waals surface area contributed by atoms with E-state index < -0.39 is 0 Å². The van der Waals surface area contributed by atoms with E-state index in [0.717, 1.165) is 57.7 Å². The summed E-state index contributed by atoms with van der Waals surface area (Å²) in [6.07, 6.45) is 0. The van der Waals surface area contributed by atoms with Gasteiger partial charge in [0.2, 0.25) is 0 Å². The second-order valence-electron chi connectivity index (χ2n) is 4.02. The van der Waals surface area contributed by atoms with E-state index in [1.54, 1.807) is 0 Å². The zero-order chi connectivity index (χ0) is 12.3. The molecule has 0 atom stereocenters. The molecule has 0 bridgehead atoms. The Morgan fingerprint density at radius 1 is 1.00 bits per heavy atom. The van der Waals surface area contributed by atoms with Crippen molar-refractivity contribution in [2.75, 3.05) is 52.4 Å². The summed E-state index contributed by atoms with van der Waals surface area (Å²) in [6.45, 7) is 11.8. The molecular formula is C11H24N4OSe. The summed E-state index contributed by atoms with van der Waals surface area (Å²) in [6, 6.07) is 0. The van der Waals surface area contributed by atoms with E-state index in [-0.39, 0.29) is 0 Å². The quantitative estimate of drug-likeness (QED) is 0.405. The van der Waals surface area contributed by atoms with Crippen LogP contribution in [0.15, 0.2) is 12.3 Å². The molecule has 0 aromatic carbocycles. The Morgan fingerprint density at radius 3 is 1.94 bits per heavy atom. The van der Waals surface area contributed by atoms with Crippen LogP contribution in [0.3, 0.4) is 0 Å². The van der Waals surface area contributed by atoms with Gasteiger partial charge in [-0.1, -0.05) is 0 Å². The molecule has 0 amide bonds. The molecule has 1 rings (SSSR count). The normalized spacial score (nSPS) is 21.4. The molecule has 5 nitrogen and oxygen atoms in total. The summed E-state index contributed by atoms with van der Waals surface area (Å²) >= 11 is 0.317. The Hall–Kier alpha value is -0.101. The van der Waals surface area contributed by atoms with Crippen LogP contribution in [0, 0.1) is 0 Å². The average molecular weight is 307 g/mol. The van der Waals surface area contributed by atoms with E-state index in [4.69, 9.17) is 5.11 Å². The number of nitrogens with zero attached hydrogens (tertiary/aromatic N) is 1. The van der Waals surface area contributed by atoms with Gasteiger partial charge in [0.1, 0.15) is 0 Å². The Kier molecular flexibility index (Phi) is 8.69. The molecule has 0 spiro atoms. The molecule has 100 valence electrons. The van der Waals surface area contributed by atoms with Gasteiger partial charge in [-0.25, -0.2) is 0 Å². The molecule has 1 fully saturated rings. The summed E-state index contributed by atoms with van der Waals surface area (Å²) in [5.74, 6) is 0.307. The summed E-state index contributed by atoms with van der Waals surface area (Å²) in [4.78, 5) is 0. The third-order valence-corrected chi connectivity index (χ3v) is 4.95. The first-order chi connectivity index (χ1) is 8.29. The van der Waals surface area contributed by atoms with Gasteiger partial charge in [-0.2, -0.15) is 0 Å². The minimum absolute atomic E-state index is 0.307. The fourth-order valence-corrected chi connectivity index (χ4v) is 3.16. The van der Waals surface area contributed by atoms with Gasteiger partial charge in [-0.05, 0) is 0 Å². The molecule has 1 heterocycles. The minimum atomic E-state index is 0.307. The monoisotopic (exact) mass is 308 g/mol. The van der Waals surface area contributed by atoms with Crippen molar-refractivity contribution in [1.29, 1.82) is 0 Å². The van der Waals surface area contributed by atoms with Gasteiger partial charge < -0.3 is 0 Å². The van der Waals surface area contributed by atoms with Gasteiger partial charge in [0, 0.05) is 0 Å². The van der Waals surface area contributed by atoms with Crippen molar-refractivity contribution >= 4 is 15.2 Å². The topological polar surface area (TPSA) is 59.6 Å². The standard InChI is InChI=1S/C11H24N4OSe/c1-11(16)10-17-15-8-6-13-4-2-12-3-5-14-7-9-15/h12-14,16H,1-10H2. The second kappa shape index (κ2) is 9.88. The summed E-state index contributed by atoms with van der Waals surface area (Å²) in [5, 5.41) is 20.1. The first kappa shape index (κ1) is 15.0. The molecule has 1 aliphatic heterocycles. The first-order valence-corrected chi connectivity index (χ1v) is 8.13. The summed E-state index contributed by atoms with van der Waals surface area (Å²) in [7, 11) is 0. The second-order valence-corrected chi connectivity index (χ2v) is 6.25. The van der Waals surface area contributed by atoms with Crippen molar-refractivity contribution in [3.05, 3.63) is 12.3 Å². The zero-order valence-corrected chi connectivity index (χ0v) is 12.1. The van der Waals surface area contributed by atoms with Crippen LogP contribution < -0.4 is 16.0 Å². The number of aliphatic hydroxyl groups excluding tert-OH is 1. The number of rotatable bonds is 3. The van der Waals surface area contributed by atoms with Crippen LogP contribution in [0.1, 0.15) is 0 Å². The Balaban J connectivity index is 2.24. The van der Waals surface area contributed by atoms with Gasteiger partial charge in [0.25, 0.3) is 0 Å². The number of aliphatic hydroxyl groups is 1. The van der Waals surface area contributed by atoms with Crippen LogP contribution in [-0.4, -0.2) is 76.6 Å². The van der Waals surface area contributed by atoms with Crippen molar-refractivity contribution < 1.29 is 5.11 Å². The predicted octanol–water partition coefficient (Wildman–Crippen LogP) is -0.820. The molecular weight excluding hydrogens is 283 g/mol. The van der Waals surface area contributed by atoms with E-state index in [0.29, 0.717) is 20.9 Å². The molecule has 0 radical (unpaired) electrons. The Morgan fingerprint density at radius 2 is 1.47 bits per heavy atom. The van der Waals surface area contributed by atoms with Gasteiger partial charge >= 0.3 is 110 Å². The van der Waals surface area contributed by atoms with Crippen molar-refractivity contribution in [3.8, 4) is 0 Å². The first-order valence-electron chi connectivity index (χ1n) is 6.16. The molecule has 6 heteroatoms. The maximum absolute atomic E-state index is 9.15. The average Bonchev–Trinajstić information content (AvgIpc) is 2.28. The van der Waals surface area contributed by atoms with E-state index in [1.807, 2.05) is 0 Å². The van der Waals surface area contributed by atoms with Crippen LogP contribution in [0.4, 0.5) is 0 Å². The van der Waals surface area contributed by atoms with Crippen molar-refractivity contribution in [2.45, 2.75) is 5.32 Å². The maximum atomic E-state index is 9.15. The van der Waals surface area contributed by atoms with E-state index in [1.165, 1.54) is 0 Å². The van der Waals surface area contributed by atoms with Gasteiger partial charge in [-0.3, -0.25) is 0 Å². The molecule has 0 saturated carbocycles. The molecule has 1 aliphatic rings. The van der Waals surface area contributed by atoms with Crippen LogP contribution in [0.5, 0.6) is 0 Å². The van der Waals surface area contributed by atoms with E-state index in [9.17, 15) is 0 Å². The van der Waals surface area contributed by atoms with Gasteiger partial charge in [-0.15, -0.1) is 0 Å². The molecule has 0 aromatic rings. The van der Waals surface area contributed by atoms with Crippen LogP contribution >= 0.6 is 0 Å². The van der Waals surface area contributed by atoms with E-state index >= 15 is 0 Å². The van der Waals surface area contributed by atoms with Crippen LogP contribution in [0.25, 0.3) is 0 Å². The third-order valence-electron chi connectivity index (χ3n) is 2.45. The zero-order valence-electron chi connectivity index (χ0n) is 10.4. The fraction of sp³-hybridized carbons (Fsp3) is 0.818. The van der Waals surface area contributed by atoms with Crippen molar-refractivity contribution in [2.24, 2.45) is 0 Å². The number of hydrogen-bond donors (Lipinski definition) is 4. The molecule has 17 heavy (non-hydrogen) atoms.